The second-order valence-electron chi connectivity index (χ2n) is 7.32. The lowest BCUT2D eigenvalue weighted by Crippen LogP contribution is -2.41. The summed E-state index contributed by atoms with van der Waals surface area (Å²) >= 11 is 0. The van der Waals surface area contributed by atoms with Gasteiger partial charge in [0.15, 0.2) is 0 Å². The number of amides is 2. The lowest BCUT2D eigenvalue weighted by Gasteiger charge is -2.27. The summed E-state index contributed by atoms with van der Waals surface area (Å²) in [5, 5.41) is 9.30. The maximum atomic E-state index is 12.2. The lowest BCUT2D eigenvalue weighted by molar-refractivity contribution is -0.146. The number of urea groups is 1. The van der Waals surface area contributed by atoms with E-state index in [0.29, 0.717) is 5.92 Å². The fourth-order valence-electron chi connectivity index (χ4n) is 3.99. The molecule has 1 aromatic carbocycles. The van der Waals surface area contributed by atoms with Crippen LogP contribution in [0.25, 0.3) is 0 Å². The first kappa shape index (κ1) is 18.7. The molecular weight excluding hydrogens is 330 g/mol. The summed E-state index contributed by atoms with van der Waals surface area (Å²) < 4.78 is 4.80. The van der Waals surface area contributed by atoms with Crippen LogP contribution in [0.4, 0.5) is 10.5 Å². The van der Waals surface area contributed by atoms with Gasteiger partial charge < -0.3 is 20.7 Å². The fraction of sp³-hybridized carbons (Fsp3) is 0.600. The van der Waals surface area contributed by atoms with Gasteiger partial charge in [-0.05, 0) is 75.2 Å². The van der Waals surface area contributed by atoms with Gasteiger partial charge in [0.1, 0.15) is 0 Å². The molecule has 1 heterocycles. The van der Waals surface area contributed by atoms with E-state index in [1.54, 1.807) is 0 Å². The molecule has 0 aromatic heterocycles. The SMILES string of the molecule is COC(=O)C1CCC(NC(=O)Nc2ccc(C3CCNCC3)cc2)CC1. The summed E-state index contributed by atoms with van der Waals surface area (Å²) in [5.41, 5.74) is 2.15. The van der Waals surface area contributed by atoms with Crippen LogP contribution < -0.4 is 16.0 Å². The van der Waals surface area contributed by atoms with Crippen molar-refractivity contribution in [2.45, 2.75) is 50.5 Å². The molecule has 2 aliphatic rings. The van der Waals surface area contributed by atoms with Crippen molar-refractivity contribution in [3.63, 3.8) is 0 Å². The van der Waals surface area contributed by atoms with Gasteiger partial charge in [-0.2, -0.15) is 0 Å². The van der Waals surface area contributed by atoms with Crippen molar-refractivity contribution >= 4 is 17.7 Å². The van der Waals surface area contributed by atoms with E-state index >= 15 is 0 Å². The molecule has 0 atom stereocenters. The molecule has 0 unspecified atom stereocenters. The summed E-state index contributed by atoms with van der Waals surface area (Å²) in [6, 6.07) is 8.13. The van der Waals surface area contributed by atoms with Gasteiger partial charge in [0.05, 0.1) is 13.0 Å². The van der Waals surface area contributed by atoms with Crippen LogP contribution in [0.2, 0.25) is 0 Å². The van der Waals surface area contributed by atoms with Crippen LogP contribution in [0.15, 0.2) is 24.3 Å². The standard InChI is InChI=1S/C20H29N3O3/c1-26-19(24)16-4-8-18(9-5-16)23-20(25)22-17-6-2-14(3-7-17)15-10-12-21-13-11-15/h2-3,6-7,15-16,18,21H,4-5,8-13H2,1H3,(H2,22,23,25). The smallest absolute Gasteiger partial charge is 0.319 e. The van der Waals surface area contributed by atoms with Gasteiger partial charge in [0.2, 0.25) is 0 Å². The molecule has 0 bridgehead atoms. The molecule has 6 nitrogen and oxygen atoms in total. The lowest BCUT2D eigenvalue weighted by atomic mass is 9.86. The van der Waals surface area contributed by atoms with Crippen LogP contribution in [0.5, 0.6) is 0 Å². The molecule has 2 fully saturated rings. The number of methoxy groups -OCH3 is 1. The number of ether oxygens (including phenoxy) is 1. The Kier molecular flexibility index (Phi) is 6.50. The molecule has 2 amide bonds. The second kappa shape index (κ2) is 9.03. The van der Waals surface area contributed by atoms with Crippen LogP contribution in [0.1, 0.15) is 50.0 Å². The normalized spacial score (nSPS) is 23.9. The van der Waals surface area contributed by atoms with Crippen molar-refractivity contribution in [2.75, 3.05) is 25.5 Å². The first-order chi connectivity index (χ1) is 12.7. The van der Waals surface area contributed by atoms with Gasteiger partial charge >= 0.3 is 12.0 Å². The number of benzene rings is 1. The number of nitrogens with one attached hydrogen (secondary N) is 3. The first-order valence-electron chi connectivity index (χ1n) is 9.61. The van der Waals surface area contributed by atoms with E-state index in [-0.39, 0.29) is 24.0 Å². The Labute approximate surface area is 155 Å². The van der Waals surface area contributed by atoms with E-state index in [4.69, 9.17) is 4.74 Å². The quantitative estimate of drug-likeness (QED) is 0.722. The molecule has 3 N–H and O–H groups in total. The predicted octanol–water partition coefficient (Wildman–Crippen LogP) is 3.01. The Morgan fingerprint density at radius 2 is 1.65 bits per heavy atom. The third-order valence-corrected chi connectivity index (χ3v) is 5.58. The number of carbonyl (C=O) groups is 2. The second-order valence-corrected chi connectivity index (χ2v) is 7.32. The number of carbonyl (C=O) groups excluding carboxylic acids is 2. The van der Waals surface area contributed by atoms with E-state index in [1.807, 2.05) is 12.1 Å². The van der Waals surface area contributed by atoms with Gasteiger partial charge in [0.25, 0.3) is 0 Å². The largest absolute Gasteiger partial charge is 0.469 e. The molecule has 1 saturated heterocycles. The highest BCUT2D eigenvalue weighted by atomic mass is 16.5. The zero-order valence-electron chi connectivity index (χ0n) is 15.4. The number of hydrogen-bond acceptors (Lipinski definition) is 4. The highest BCUT2D eigenvalue weighted by molar-refractivity contribution is 5.89. The van der Waals surface area contributed by atoms with E-state index < -0.39 is 0 Å². The minimum Gasteiger partial charge on any atom is -0.469 e. The van der Waals surface area contributed by atoms with Crippen molar-refractivity contribution in [1.29, 1.82) is 0 Å². The van der Waals surface area contributed by atoms with Crippen LogP contribution in [0.3, 0.4) is 0 Å². The summed E-state index contributed by atoms with van der Waals surface area (Å²) in [7, 11) is 1.43. The van der Waals surface area contributed by atoms with Crippen LogP contribution >= 0.6 is 0 Å². The Hall–Kier alpha value is -2.08. The minimum atomic E-state index is -0.180. The number of anilines is 1. The molecule has 142 valence electrons. The Morgan fingerprint density at radius 3 is 2.27 bits per heavy atom. The third-order valence-electron chi connectivity index (χ3n) is 5.58. The van der Waals surface area contributed by atoms with Crippen molar-refractivity contribution in [1.82, 2.24) is 10.6 Å². The molecule has 1 saturated carbocycles. The van der Waals surface area contributed by atoms with Crippen molar-refractivity contribution in [3.8, 4) is 0 Å². The molecule has 0 radical (unpaired) electrons. The van der Waals surface area contributed by atoms with Gasteiger partial charge in [-0.1, -0.05) is 12.1 Å². The van der Waals surface area contributed by atoms with Gasteiger partial charge in [-0.15, -0.1) is 0 Å². The van der Waals surface area contributed by atoms with E-state index in [1.165, 1.54) is 25.5 Å². The van der Waals surface area contributed by atoms with Gasteiger partial charge in [0, 0.05) is 11.7 Å². The number of rotatable bonds is 4. The third kappa shape index (κ3) is 4.97. The number of hydrogen-bond donors (Lipinski definition) is 3. The highest BCUT2D eigenvalue weighted by Gasteiger charge is 2.27. The first-order valence-corrected chi connectivity index (χ1v) is 9.61. The Morgan fingerprint density at radius 1 is 1.00 bits per heavy atom. The van der Waals surface area contributed by atoms with E-state index in [9.17, 15) is 9.59 Å². The van der Waals surface area contributed by atoms with E-state index in [2.05, 4.69) is 28.1 Å². The average molecular weight is 359 g/mol. The molecule has 26 heavy (non-hydrogen) atoms. The number of esters is 1. The maximum absolute atomic E-state index is 12.2. The zero-order chi connectivity index (χ0) is 18.4. The maximum Gasteiger partial charge on any atom is 0.319 e. The Bertz CT molecular complexity index is 603. The average Bonchev–Trinajstić information content (AvgIpc) is 2.69. The fourth-order valence-corrected chi connectivity index (χ4v) is 3.99. The van der Waals surface area contributed by atoms with Crippen molar-refractivity contribution in [2.24, 2.45) is 5.92 Å². The monoisotopic (exact) mass is 359 g/mol. The molecule has 6 heteroatoms. The summed E-state index contributed by atoms with van der Waals surface area (Å²) in [5.74, 6) is 0.453. The Balaban J connectivity index is 1.44. The number of piperidine rings is 1. The minimum absolute atomic E-state index is 0.0244. The highest BCUT2D eigenvalue weighted by Crippen LogP contribution is 2.27. The van der Waals surface area contributed by atoms with Crippen molar-refractivity contribution < 1.29 is 14.3 Å². The molecule has 0 spiro atoms. The van der Waals surface area contributed by atoms with E-state index in [0.717, 1.165) is 44.5 Å². The van der Waals surface area contributed by atoms with Gasteiger partial charge in [-0.25, -0.2) is 4.79 Å². The molecule has 1 aliphatic heterocycles. The van der Waals surface area contributed by atoms with Crippen molar-refractivity contribution in [3.05, 3.63) is 29.8 Å². The molecule has 1 aliphatic carbocycles. The van der Waals surface area contributed by atoms with Crippen LogP contribution in [0, 0.1) is 5.92 Å². The van der Waals surface area contributed by atoms with Crippen LogP contribution in [-0.4, -0.2) is 38.2 Å². The molecule has 1 aromatic rings. The van der Waals surface area contributed by atoms with Crippen LogP contribution in [-0.2, 0) is 9.53 Å². The predicted molar refractivity (Wildman–Crippen MR) is 101 cm³/mol. The summed E-state index contributed by atoms with van der Waals surface area (Å²) in [6.45, 7) is 2.15. The summed E-state index contributed by atoms with van der Waals surface area (Å²) in [6.07, 6.45) is 5.48. The zero-order valence-corrected chi connectivity index (χ0v) is 15.4. The summed E-state index contributed by atoms with van der Waals surface area (Å²) in [4.78, 5) is 23.8. The molecular formula is C20H29N3O3. The topological polar surface area (TPSA) is 79.5 Å². The van der Waals surface area contributed by atoms with Gasteiger partial charge in [-0.3, -0.25) is 4.79 Å². The molecule has 3 rings (SSSR count).